The van der Waals surface area contributed by atoms with E-state index in [1.54, 1.807) is 12.0 Å². The van der Waals surface area contributed by atoms with Crippen LogP contribution in [0.2, 0.25) is 0 Å². The van der Waals surface area contributed by atoms with Crippen LogP contribution in [0.1, 0.15) is 25.3 Å². The van der Waals surface area contributed by atoms with Crippen LogP contribution in [0.4, 0.5) is 0 Å². The summed E-state index contributed by atoms with van der Waals surface area (Å²) in [4.78, 5) is 14.1. The third-order valence-corrected chi connectivity index (χ3v) is 3.01. The van der Waals surface area contributed by atoms with Gasteiger partial charge in [-0.15, -0.1) is 0 Å². The number of benzene rings is 1. The zero-order valence-electron chi connectivity index (χ0n) is 11.8. The molecule has 0 heterocycles. The molecule has 1 unspecified atom stereocenters. The molecule has 19 heavy (non-hydrogen) atoms. The van der Waals surface area contributed by atoms with Crippen molar-refractivity contribution in [3.05, 3.63) is 35.9 Å². The summed E-state index contributed by atoms with van der Waals surface area (Å²) in [5, 5.41) is 0. The lowest BCUT2D eigenvalue weighted by Gasteiger charge is -2.25. The van der Waals surface area contributed by atoms with Gasteiger partial charge in [0.1, 0.15) is 0 Å². The Hall–Kier alpha value is -1.39. The summed E-state index contributed by atoms with van der Waals surface area (Å²) in [5.41, 5.74) is 7.03. The third-order valence-electron chi connectivity index (χ3n) is 3.01. The molecule has 0 fully saturated rings. The molecule has 0 saturated heterocycles. The van der Waals surface area contributed by atoms with Gasteiger partial charge in [-0.05, 0) is 12.0 Å². The van der Waals surface area contributed by atoms with Gasteiger partial charge in [0, 0.05) is 20.2 Å². The lowest BCUT2D eigenvalue weighted by Crippen LogP contribution is -2.44. The summed E-state index contributed by atoms with van der Waals surface area (Å²) in [6, 6.07) is 9.52. The highest BCUT2D eigenvalue weighted by Crippen LogP contribution is 2.07. The van der Waals surface area contributed by atoms with Crippen molar-refractivity contribution in [1.82, 2.24) is 4.90 Å². The van der Waals surface area contributed by atoms with Crippen molar-refractivity contribution in [1.29, 1.82) is 0 Å². The molecule has 1 aromatic carbocycles. The number of nitrogens with two attached hydrogens (primary N) is 1. The molecule has 0 saturated carbocycles. The molecular weight excluding hydrogens is 240 g/mol. The van der Waals surface area contributed by atoms with Crippen LogP contribution in [0.25, 0.3) is 0 Å². The Kier molecular flexibility index (Phi) is 7.15. The molecule has 4 nitrogen and oxygen atoms in total. The van der Waals surface area contributed by atoms with Crippen LogP contribution in [-0.4, -0.2) is 37.1 Å². The Balaban J connectivity index is 2.68. The van der Waals surface area contributed by atoms with Crippen molar-refractivity contribution in [2.45, 2.75) is 32.4 Å². The molecular formula is C15H24N2O2. The topological polar surface area (TPSA) is 55.6 Å². The Morgan fingerprint density at radius 3 is 2.63 bits per heavy atom. The van der Waals surface area contributed by atoms with E-state index in [0.717, 1.165) is 18.4 Å². The van der Waals surface area contributed by atoms with Gasteiger partial charge in [0.2, 0.25) is 5.91 Å². The third kappa shape index (κ3) is 5.41. The predicted molar refractivity (Wildman–Crippen MR) is 76.6 cm³/mol. The minimum Gasteiger partial charge on any atom is -0.383 e. The van der Waals surface area contributed by atoms with Crippen LogP contribution in [0, 0.1) is 0 Å². The van der Waals surface area contributed by atoms with Gasteiger partial charge in [-0.1, -0.05) is 43.7 Å². The molecule has 0 aliphatic carbocycles. The maximum Gasteiger partial charge on any atom is 0.239 e. The number of nitrogens with zero attached hydrogens (tertiary/aromatic N) is 1. The summed E-state index contributed by atoms with van der Waals surface area (Å²) in [7, 11) is 1.64. The first-order valence-electron chi connectivity index (χ1n) is 6.76. The monoisotopic (exact) mass is 264 g/mol. The first kappa shape index (κ1) is 15.7. The number of carbonyl (C=O) groups is 1. The van der Waals surface area contributed by atoms with E-state index in [0.29, 0.717) is 19.7 Å². The predicted octanol–water partition coefficient (Wildman–Crippen LogP) is 1.79. The lowest BCUT2D eigenvalue weighted by atomic mass is 10.1. The van der Waals surface area contributed by atoms with E-state index >= 15 is 0 Å². The van der Waals surface area contributed by atoms with E-state index in [1.165, 1.54) is 0 Å². The normalized spacial score (nSPS) is 12.2. The van der Waals surface area contributed by atoms with Crippen molar-refractivity contribution in [3.8, 4) is 0 Å². The fourth-order valence-electron chi connectivity index (χ4n) is 1.94. The summed E-state index contributed by atoms with van der Waals surface area (Å²) in [5.74, 6) is 0.00255. The fraction of sp³-hybridized carbons (Fsp3) is 0.533. The van der Waals surface area contributed by atoms with Crippen molar-refractivity contribution in [3.63, 3.8) is 0 Å². The van der Waals surface area contributed by atoms with Gasteiger partial charge in [0.15, 0.2) is 0 Å². The van der Waals surface area contributed by atoms with Crippen molar-refractivity contribution in [2.75, 3.05) is 20.3 Å². The van der Waals surface area contributed by atoms with E-state index in [4.69, 9.17) is 10.5 Å². The minimum absolute atomic E-state index is 0.00255. The second-order valence-electron chi connectivity index (χ2n) is 4.63. The number of ether oxygens (including phenoxy) is 1. The molecule has 1 aromatic rings. The second kappa shape index (κ2) is 8.67. The number of hydrogen-bond donors (Lipinski definition) is 1. The molecule has 1 amide bonds. The van der Waals surface area contributed by atoms with Crippen LogP contribution >= 0.6 is 0 Å². The average molecular weight is 264 g/mol. The highest BCUT2D eigenvalue weighted by Gasteiger charge is 2.20. The van der Waals surface area contributed by atoms with Gasteiger partial charge >= 0.3 is 0 Å². The van der Waals surface area contributed by atoms with Crippen molar-refractivity contribution < 1.29 is 9.53 Å². The molecule has 0 spiro atoms. The van der Waals surface area contributed by atoms with E-state index in [-0.39, 0.29) is 5.91 Å². The summed E-state index contributed by atoms with van der Waals surface area (Å²) >= 11 is 0. The minimum atomic E-state index is -0.412. The Morgan fingerprint density at radius 2 is 2.05 bits per heavy atom. The van der Waals surface area contributed by atoms with Crippen LogP contribution in [0.15, 0.2) is 30.3 Å². The van der Waals surface area contributed by atoms with Gasteiger partial charge in [0.25, 0.3) is 0 Å². The molecule has 0 aliphatic heterocycles. The van der Waals surface area contributed by atoms with Gasteiger partial charge in [-0.3, -0.25) is 4.79 Å². The Labute approximate surface area is 115 Å². The zero-order chi connectivity index (χ0) is 14.1. The van der Waals surface area contributed by atoms with Crippen LogP contribution < -0.4 is 5.73 Å². The molecule has 4 heteroatoms. The van der Waals surface area contributed by atoms with Crippen molar-refractivity contribution >= 4 is 5.91 Å². The lowest BCUT2D eigenvalue weighted by molar-refractivity contribution is -0.134. The highest BCUT2D eigenvalue weighted by molar-refractivity contribution is 5.81. The number of methoxy groups -OCH3 is 1. The molecule has 1 rings (SSSR count). The van der Waals surface area contributed by atoms with Gasteiger partial charge in [0.05, 0.1) is 12.6 Å². The first-order chi connectivity index (χ1) is 9.19. The second-order valence-corrected chi connectivity index (χ2v) is 4.63. The Bertz CT molecular complexity index is 368. The van der Waals surface area contributed by atoms with E-state index in [1.807, 2.05) is 37.3 Å². The van der Waals surface area contributed by atoms with Gasteiger partial charge in [-0.25, -0.2) is 0 Å². The number of rotatable bonds is 8. The van der Waals surface area contributed by atoms with E-state index in [2.05, 4.69) is 0 Å². The van der Waals surface area contributed by atoms with E-state index in [9.17, 15) is 4.79 Å². The first-order valence-corrected chi connectivity index (χ1v) is 6.76. The molecule has 0 radical (unpaired) electrons. The van der Waals surface area contributed by atoms with E-state index < -0.39 is 6.04 Å². The molecule has 0 aliphatic rings. The summed E-state index contributed by atoms with van der Waals surface area (Å²) < 4.78 is 5.07. The van der Waals surface area contributed by atoms with Crippen LogP contribution in [0.3, 0.4) is 0 Å². The van der Waals surface area contributed by atoms with Crippen molar-refractivity contribution in [2.24, 2.45) is 5.73 Å². The number of carbonyl (C=O) groups excluding carboxylic acids is 1. The van der Waals surface area contributed by atoms with Gasteiger partial charge in [-0.2, -0.15) is 0 Å². The Morgan fingerprint density at radius 1 is 1.37 bits per heavy atom. The molecule has 0 bridgehead atoms. The maximum absolute atomic E-state index is 12.3. The number of hydrogen-bond acceptors (Lipinski definition) is 3. The van der Waals surface area contributed by atoms with Crippen LogP contribution in [-0.2, 0) is 16.1 Å². The van der Waals surface area contributed by atoms with Crippen LogP contribution in [0.5, 0.6) is 0 Å². The number of amides is 1. The zero-order valence-corrected chi connectivity index (χ0v) is 11.8. The smallest absolute Gasteiger partial charge is 0.239 e. The standard InChI is InChI=1S/C15H24N2O2/c1-3-7-14(16)15(18)17(10-11-19-2)12-13-8-5-4-6-9-13/h4-6,8-9,14H,3,7,10-12,16H2,1-2H3. The van der Waals surface area contributed by atoms with Gasteiger partial charge < -0.3 is 15.4 Å². The molecule has 106 valence electrons. The molecule has 0 aromatic heterocycles. The molecule has 1 atom stereocenters. The summed E-state index contributed by atoms with van der Waals surface area (Å²) in [6.45, 7) is 3.71. The molecule has 2 N–H and O–H groups in total. The quantitative estimate of drug-likeness (QED) is 0.779. The SMILES string of the molecule is CCCC(N)C(=O)N(CCOC)Cc1ccccc1. The maximum atomic E-state index is 12.3. The summed E-state index contributed by atoms with van der Waals surface area (Å²) in [6.07, 6.45) is 1.63. The largest absolute Gasteiger partial charge is 0.383 e. The highest BCUT2D eigenvalue weighted by atomic mass is 16.5. The fourth-order valence-corrected chi connectivity index (χ4v) is 1.94. The average Bonchev–Trinajstić information content (AvgIpc) is 2.44.